The van der Waals surface area contributed by atoms with E-state index in [1.165, 1.54) is 31.4 Å². The summed E-state index contributed by atoms with van der Waals surface area (Å²) in [6.07, 6.45) is -0.000549. The lowest BCUT2D eigenvalue weighted by molar-refractivity contribution is -0.140. The zero-order chi connectivity index (χ0) is 16.7. The summed E-state index contributed by atoms with van der Waals surface area (Å²) in [7, 11) is 1.22. The number of carbonyl (C=O) groups excluding carboxylic acids is 2. The van der Waals surface area contributed by atoms with Gasteiger partial charge in [-0.25, -0.2) is 9.59 Å². The van der Waals surface area contributed by atoms with Gasteiger partial charge in [0.25, 0.3) is 5.91 Å². The van der Waals surface area contributed by atoms with E-state index in [1.807, 2.05) is 6.07 Å². The molecule has 0 aliphatic heterocycles. The van der Waals surface area contributed by atoms with Crippen LogP contribution in [0.15, 0.2) is 24.3 Å². The van der Waals surface area contributed by atoms with Crippen LogP contribution < -0.4 is 5.32 Å². The number of aliphatic carboxylic acids is 1. The van der Waals surface area contributed by atoms with Crippen molar-refractivity contribution in [2.24, 2.45) is 5.92 Å². The first-order valence-electron chi connectivity index (χ1n) is 6.49. The summed E-state index contributed by atoms with van der Waals surface area (Å²) in [6, 6.07) is 6.43. The first kappa shape index (κ1) is 17.2. The van der Waals surface area contributed by atoms with Crippen molar-refractivity contribution in [3.05, 3.63) is 35.4 Å². The van der Waals surface area contributed by atoms with Crippen molar-refractivity contribution in [1.82, 2.24) is 5.32 Å². The molecule has 0 unspecified atom stereocenters. The van der Waals surface area contributed by atoms with Gasteiger partial charge in [0.2, 0.25) is 0 Å². The normalized spacial score (nSPS) is 12.6. The van der Waals surface area contributed by atoms with Gasteiger partial charge in [0, 0.05) is 17.9 Å². The predicted octanol–water partition coefficient (Wildman–Crippen LogP) is 1.21. The van der Waals surface area contributed by atoms with Gasteiger partial charge in [0.05, 0.1) is 18.7 Å². The third-order valence-corrected chi connectivity index (χ3v) is 3.08. The maximum absolute atomic E-state index is 12.1. The maximum Gasteiger partial charge on any atom is 0.337 e. The molecule has 0 fully saturated rings. The van der Waals surface area contributed by atoms with Crippen LogP contribution in [-0.4, -0.2) is 36.1 Å². The summed E-state index contributed by atoms with van der Waals surface area (Å²) in [5.74, 6) is -3.00. The highest BCUT2D eigenvalue weighted by Gasteiger charge is 2.27. The lowest BCUT2D eigenvalue weighted by Crippen LogP contribution is -2.45. The van der Waals surface area contributed by atoms with E-state index in [0.29, 0.717) is 0 Å². The zero-order valence-corrected chi connectivity index (χ0v) is 12.2. The molecular weight excluding hydrogens is 288 g/mol. The molecule has 0 saturated carbocycles. The topological polar surface area (TPSA) is 116 Å². The summed E-state index contributed by atoms with van der Waals surface area (Å²) in [6.45, 7) is 1.56. The van der Waals surface area contributed by atoms with Crippen molar-refractivity contribution in [3.8, 4) is 6.07 Å². The second-order valence-electron chi connectivity index (χ2n) is 4.70. The molecule has 7 heteroatoms. The molecule has 0 bridgehead atoms. The number of benzene rings is 1. The summed E-state index contributed by atoms with van der Waals surface area (Å²) in [4.78, 5) is 34.8. The Morgan fingerprint density at radius 1 is 1.36 bits per heavy atom. The number of nitrogens with one attached hydrogen (secondary N) is 1. The molecule has 0 radical (unpaired) electrons. The second kappa shape index (κ2) is 7.78. The predicted molar refractivity (Wildman–Crippen MR) is 76.1 cm³/mol. The quantitative estimate of drug-likeness (QED) is 0.763. The lowest BCUT2D eigenvalue weighted by atomic mass is 9.98. The fraction of sp³-hybridized carbons (Fsp3) is 0.333. The molecule has 1 aromatic rings. The Morgan fingerprint density at radius 3 is 2.55 bits per heavy atom. The van der Waals surface area contributed by atoms with Gasteiger partial charge in [0.1, 0.15) is 6.04 Å². The molecule has 2 N–H and O–H groups in total. The van der Waals surface area contributed by atoms with Crippen LogP contribution in [0, 0.1) is 17.2 Å². The molecule has 7 nitrogen and oxygen atoms in total. The largest absolute Gasteiger partial charge is 0.480 e. The number of esters is 1. The number of hydrogen-bond donors (Lipinski definition) is 2. The summed E-state index contributed by atoms with van der Waals surface area (Å²) in [5, 5.41) is 20.1. The van der Waals surface area contributed by atoms with E-state index >= 15 is 0 Å². The first-order chi connectivity index (χ1) is 10.4. The van der Waals surface area contributed by atoms with Crippen LogP contribution in [-0.2, 0) is 9.53 Å². The number of carbonyl (C=O) groups is 3. The third-order valence-electron chi connectivity index (χ3n) is 3.08. The number of carboxylic acids is 1. The van der Waals surface area contributed by atoms with E-state index in [-0.39, 0.29) is 17.5 Å². The minimum atomic E-state index is -1.22. The Kier molecular flexibility index (Phi) is 6.08. The van der Waals surface area contributed by atoms with E-state index in [4.69, 9.17) is 10.4 Å². The monoisotopic (exact) mass is 304 g/mol. The average molecular weight is 304 g/mol. The number of rotatable bonds is 6. The molecule has 0 aliphatic carbocycles. The molecular formula is C15H16N2O5. The summed E-state index contributed by atoms with van der Waals surface area (Å²) >= 11 is 0. The van der Waals surface area contributed by atoms with Gasteiger partial charge in [-0.1, -0.05) is 13.0 Å². The molecule has 116 valence electrons. The van der Waals surface area contributed by atoms with Crippen LogP contribution in [0.3, 0.4) is 0 Å². The molecule has 22 heavy (non-hydrogen) atoms. The number of hydrogen-bond acceptors (Lipinski definition) is 5. The number of nitrogens with zero attached hydrogens (tertiary/aromatic N) is 1. The fourth-order valence-electron chi connectivity index (χ4n) is 1.84. The molecule has 1 aromatic carbocycles. The second-order valence-corrected chi connectivity index (χ2v) is 4.70. The van der Waals surface area contributed by atoms with Crippen molar-refractivity contribution < 1.29 is 24.2 Å². The van der Waals surface area contributed by atoms with Crippen molar-refractivity contribution in [2.45, 2.75) is 19.4 Å². The Bertz CT molecular complexity index is 621. The SMILES string of the molecule is COC(=O)c1cccc(C(=O)N[C@@H](C(=O)O)[C@H](C)CC#N)c1. The highest BCUT2D eigenvalue weighted by molar-refractivity contribution is 5.99. The number of nitriles is 1. The molecule has 0 spiro atoms. The van der Waals surface area contributed by atoms with E-state index in [0.717, 1.165) is 0 Å². The van der Waals surface area contributed by atoms with Gasteiger partial charge < -0.3 is 15.2 Å². The van der Waals surface area contributed by atoms with Gasteiger partial charge in [-0.2, -0.15) is 5.26 Å². The molecule has 0 aliphatic rings. The molecule has 1 amide bonds. The van der Waals surface area contributed by atoms with E-state index < -0.39 is 29.8 Å². The zero-order valence-electron chi connectivity index (χ0n) is 12.2. The van der Waals surface area contributed by atoms with Crippen molar-refractivity contribution >= 4 is 17.8 Å². The average Bonchev–Trinajstić information content (AvgIpc) is 2.51. The number of methoxy groups -OCH3 is 1. The van der Waals surface area contributed by atoms with Gasteiger partial charge in [-0.3, -0.25) is 4.79 Å². The Labute approximate surface area is 127 Å². The van der Waals surface area contributed by atoms with E-state index in [2.05, 4.69) is 10.1 Å². The van der Waals surface area contributed by atoms with Crippen LogP contribution in [0.25, 0.3) is 0 Å². The van der Waals surface area contributed by atoms with Crippen molar-refractivity contribution in [3.63, 3.8) is 0 Å². The standard InChI is InChI=1S/C15H16N2O5/c1-9(6-7-16)12(14(19)20)17-13(18)10-4-3-5-11(8-10)15(21)22-2/h3-5,8-9,12H,6H2,1-2H3,(H,17,18)(H,19,20)/t9-,12-/m1/s1. The van der Waals surface area contributed by atoms with E-state index in [1.54, 1.807) is 6.92 Å². The Balaban J connectivity index is 2.93. The Morgan fingerprint density at radius 2 is 2.00 bits per heavy atom. The number of amides is 1. The third kappa shape index (κ3) is 4.31. The molecule has 0 saturated heterocycles. The number of carboxylic acid groups (broad SMARTS) is 1. The summed E-state index contributed by atoms with van der Waals surface area (Å²) < 4.78 is 4.56. The van der Waals surface area contributed by atoms with Crippen LogP contribution in [0.1, 0.15) is 34.1 Å². The van der Waals surface area contributed by atoms with Crippen molar-refractivity contribution in [2.75, 3.05) is 7.11 Å². The van der Waals surface area contributed by atoms with Gasteiger partial charge in [0.15, 0.2) is 0 Å². The molecule has 2 atom stereocenters. The summed E-state index contributed by atoms with van der Waals surface area (Å²) in [5.41, 5.74) is 0.324. The maximum atomic E-state index is 12.1. The van der Waals surface area contributed by atoms with Crippen LogP contribution in [0.2, 0.25) is 0 Å². The van der Waals surface area contributed by atoms with Gasteiger partial charge in [-0.15, -0.1) is 0 Å². The van der Waals surface area contributed by atoms with E-state index in [9.17, 15) is 14.4 Å². The lowest BCUT2D eigenvalue weighted by Gasteiger charge is -2.19. The van der Waals surface area contributed by atoms with Crippen molar-refractivity contribution in [1.29, 1.82) is 5.26 Å². The Hall–Kier alpha value is -2.88. The molecule has 1 rings (SSSR count). The smallest absolute Gasteiger partial charge is 0.337 e. The minimum Gasteiger partial charge on any atom is -0.480 e. The van der Waals surface area contributed by atoms with Crippen LogP contribution >= 0.6 is 0 Å². The number of ether oxygens (including phenoxy) is 1. The molecule has 0 heterocycles. The van der Waals surface area contributed by atoms with Crippen LogP contribution in [0.4, 0.5) is 0 Å². The molecule has 0 aromatic heterocycles. The highest BCUT2D eigenvalue weighted by atomic mass is 16.5. The first-order valence-corrected chi connectivity index (χ1v) is 6.49. The van der Waals surface area contributed by atoms with Gasteiger partial charge in [-0.05, 0) is 18.2 Å². The van der Waals surface area contributed by atoms with Crippen LogP contribution in [0.5, 0.6) is 0 Å². The highest BCUT2D eigenvalue weighted by Crippen LogP contribution is 2.11. The minimum absolute atomic E-state index is 0.000549. The van der Waals surface area contributed by atoms with Gasteiger partial charge >= 0.3 is 11.9 Å². The fourth-order valence-corrected chi connectivity index (χ4v) is 1.84.